The molecule has 2 heterocycles. The number of ether oxygens (including phenoxy) is 1. The van der Waals surface area contributed by atoms with Crippen molar-refractivity contribution in [1.29, 1.82) is 0 Å². The van der Waals surface area contributed by atoms with Crippen LogP contribution in [0.25, 0.3) is 5.69 Å². The molecule has 0 unspecified atom stereocenters. The normalized spacial score (nSPS) is 15.9. The molecule has 26 heavy (non-hydrogen) atoms. The molecule has 6 nitrogen and oxygen atoms in total. The van der Waals surface area contributed by atoms with Gasteiger partial charge in [0.1, 0.15) is 5.75 Å². The SMILES string of the molecule is CNC(=O)[C@@H]1CN(Cc2ccc(-n3cccn3)cc2)c2ccccc2O1. The Bertz CT molecular complexity index is 890. The first-order valence-corrected chi connectivity index (χ1v) is 8.56. The second kappa shape index (κ2) is 6.92. The Kier molecular flexibility index (Phi) is 4.31. The maximum absolute atomic E-state index is 12.1. The molecule has 0 spiro atoms. The summed E-state index contributed by atoms with van der Waals surface area (Å²) >= 11 is 0. The van der Waals surface area contributed by atoms with E-state index in [4.69, 9.17) is 4.74 Å². The van der Waals surface area contributed by atoms with E-state index >= 15 is 0 Å². The molecule has 2 aromatic carbocycles. The number of fused-ring (bicyclic) bond motifs is 1. The number of carbonyl (C=O) groups excluding carboxylic acids is 1. The van der Waals surface area contributed by atoms with E-state index in [1.807, 2.05) is 53.3 Å². The van der Waals surface area contributed by atoms with Crippen LogP contribution < -0.4 is 15.0 Å². The van der Waals surface area contributed by atoms with Gasteiger partial charge in [0.25, 0.3) is 5.91 Å². The summed E-state index contributed by atoms with van der Waals surface area (Å²) in [5, 5.41) is 6.92. The van der Waals surface area contributed by atoms with Crippen molar-refractivity contribution in [2.24, 2.45) is 0 Å². The molecule has 1 amide bonds. The van der Waals surface area contributed by atoms with E-state index in [9.17, 15) is 4.79 Å². The number of hydrogen-bond acceptors (Lipinski definition) is 4. The van der Waals surface area contributed by atoms with Crippen molar-refractivity contribution < 1.29 is 9.53 Å². The lowest BCUT2D eigenvalue weighted by Gasteiger charge is -2.35. The Morgan fingerprint density at radius 1 is 1.19 bits per heavy atom. The molecule has 0 fully saturated rings. The summed E-state index contributed by atoms with van der Waals surface area (Å²) < 4.78 is 7.68. The molecule has 1 aliphatic rings. The summed E-state index contributed by atoms with van der Waals surface area (Å²) in [5.41, 5.74) is 3.18. The third kappa shape index (κ3) is 3.13. The number of likely N-dealkylation sites (N-methyl/N-ethyl adjacent to an activating group) is 1. The zero-order valence-corrected chi connectivity index (χ0v) is 14.5. The first kappa shape index (κ1) is 16.2. The highest BCUT2D eigenvalue weighted by Gasteiger charge is 2.29. The van der Waals surface area contributed by atoms with Gasteiger partial charge < -0.3 is 15.0 Å². The Hall–Kier alpha value is -3.28. The molecule has 0 radical (unpaired) electrons. The second-order valence-corrected chi connectivity index (χ2v) is 6.19. The Balaban J connectivity index is 1.57. The minimum atomic E-state index is -0.516. The lowest BCUT2D eigenvalue weighted by atomic mass is 10.1. The maximum atomic E-state index is 12.1. The molecule has 1 aliphatic heterocycles. The number of amides is 1. The van der Waals surface area contributed by atoms with Gasteiger partial charge in [-0.1, -0.05) is 24.3 Å². The number of nitrogens with zero attached hydrogens (tertiary/aromatic N) is 3. The number of para-hydroxylation sites is 2. The van der Waals surface area contributed by atoms with Gasteiger partial charge in [-0.2, -0.15) is 5.10 Å². The van der Waals surface area contributed by atoms with Gasteiger partial charge in [0, 0.05) is 26.0 Å². The van der Waals surface area contributed by atoms with Gasteiger partial charge in [-0.15, -0.1) is 0 Å². The fourth-order valence-corrected chi connectivity index (χ4v) is 3.15. The predicted octanol–water partition coefficient (Wildman–Crippen LogP) is 2.39. The van der Waals surface area contributed by atoms with Gasteiger partial charge in [-0.05, 0) is 35.9 Å². The van der Waals surface area contributed by atoms with E-state index in [0.717, 1.165) is 22.7 Å². The number of hydrogen-bond donors (Lipinski definition) is 1. The third-order valence-corrected chi connectivity index (χ3v) is 4.48. The summed E-state index contributed by atoms with van der Waals surface area (Å²) in [4.78, 5) is 14.3. The molecule has 0 saturated carbocycles. The predicted molar refractivity (Wildman–Crippen MR) is 99.5 cm³/mol. The van der Waals surface area contributed by atoms with Crippen molar-refractivity contribution in [1.82, 2.24) is 15.1 Å². The van der Waals surface area contributed by atoms with E-state index in [1.54, 1.807) is 13.2 Å². The second-order valence-electron chi connectivity index (χ2n) is 6.19. The van der Waals surface area contributed by atoms with Crippen LogP contribution in [-0.4, -0.2) is 35.4 Å². The maximum Gasteiger partial charge on any atom is 0.262 e. The minimum Gasteiger partial charge on any atom is -0.477 e. The standard InChI is InChI=1S/C20H20N4O2/c1-21-20(25)19-14-23(17-5-2-3-6-18(17)26-19)13-15-7-9-16(10-8-15)24-12-4-11-22-24/h2-12,19H,13-14H2,1H3,(H,21,25)/t19-/m0/s1. The third-order valence-electron chi connectivity index (χ3n) is 4.48. The molecule has 0 saturated heterocycles. The van der Waals surface area contributed by atoms with E-state index in [-0.39, 0.29) is 5.91 Å². The number of aromatic nitrogens is 2. The lowest BCUT2D eigenvalue weighted by Crippen LogP contribution is -2.47. The summed E-state index contributed by atoms with van der Waals surface area (Å²) in [6, 6.07) is 18.0. The number of rotatable bonds is 4. The zero-order valence-electron chi connectivity index (χ0n) is 14.5. The van der Waals surface area contributed by atoms with Gasteiger partial charge in [0.05, 0.1) is 17.9 Å². The quantitative estimate of drug-likeness (QED) is 0.786. The molecule has 1 aromatic heterocycles. The smallest absolute Gasteiger partial charge is 0.262 e. The van der Waals surface area contributed by atoms with E-state index in [0.29, 0.717) is 13.1 Å². The molecular weight excluding hydrogens is 328 g/mol. The van der Waals surface area contributed by atoms with Crippen LogP contribution >= 0.6 is 0 Å². The van der Waals surface area contributed by atoms with Crippen molar-refractivity contribution in [3.8, 4) is 11.4 Å². The molecule has 132 valence electrons. The van der Waals surface area contributed by atoms with Gasteiger partial charge in [0.15, 0.2) is 6.10 Å². The summed E-state index contributed by atoms with van der Waals surface area (Å²) in [7, 11) is 1.63. The van der Waals surface area contributed by atoms with Crippen molar-refractivity contribution in [2.45, 2.75) is 12.6 Å². The van der Waals surface area contributed by atoms with Crippen LogP contribution in [0.2, 0.25) is 0 Å². The average molecular weight is 348 g/mol. The lowest BCUT2D eigenvalue weighted by molar-refractivity contribution is -0.127. The molecule has 1 atom stereocenters. The first-order valence-electron chi connectivity index (χ1n) is 8.56. The molecule has 0 bridgehead atoms. The van der Waals surface area contributed by atoms with Crippen LogP contribution in [0.15, 0.2) is 67.0 Å². The van der Waals surface area contributed by atoms with Crippen molar-refractivity contribution >= 4 is 11.6 Å². The van der Waals surface area contributed by atoms with E-state index in [1.165, 1.54) is 0 Å². The molecule has 3 aromatic rings. The zero-order chi connectivity index (χ0) is 17.9. The number of anilines is 1. The Morgan fingerprint density at radius 3 is 2.73 bits per heavy atom. The van der Waals surface area contributed by atoms with Crippen molar-refractivity contribution in [2.75, 3.05) is 18.5 Å². The van der Waals surface area contributed by atoms with Crippen LogP contribution in [0.3, 0.4) is 0 Å². The van der Waals surface area contributed by atoms with Crippen LogP contribution in [-0.2, 0) is 11.3 Å². The van der Waals surface area contributed by atoms with Crippen LogP contribution in [0.5, 0.6) is 5.75 Å². The fraction of sp³-hybridized carbons (Fsp3) is 0.200. The molecule has 0 aliphatic carbocycles. The van der Waals surface area contributed by atoms with Gasteiger partial charge in [0.2, 0.25) is 0 Å². The summed E-state index contributed by atoms with van der Waals surface area (Å²) in [6.07, 6.45) is 3.16. The highest BCUT2D eigenvalue weighted by atomic mass is 16.5. The van der Waals surface area contributed by atoms with Crippen LogP contribution in [0, 0.1) is 0 Å². The summed E-state index contributed by atoms with van der Waals surface area (Å²) in [5.74, 6) is 0.624. The van der Waals surface area contributed by atoms with Crippen LogP contribution in [0.4, 0.5) is 5.69 Å². The average Bonchev–Trinajstić information content (AvgIpc) is 3.22. The number of benzene rings is 2. The van der Waals surface area contributed by atoms with Gasteiger partial charge in [-0.25, -0.2) is 4.68 Å². The summed E-state index contributed by atoms with van der Waals surface area (Å²) in [6.45, 7) is 1.21. The van der Waals surface area contributed by atoms with Crippen LogP contribution in [0.1, 0.15) is 5.56 Å². The number of carbonyl (C=O) groups is 1. The minimum absolute atomic E-state index is 0.112. The van der Waals surface area contributed by atoms with Gasteiger partial charge >= 0.3 is 0 Å². The van der Waals surface area contributed by atoms with E-state index in [2.05, 4.69) is 27.4 Å². The highest BCUT2D eigenvalue weighted by Crippen LogP contribution is 2.34. The highest BCUT2D eigenvalue weighted by molar-refractivity contribution is 5.83. The fourth-order valence-electron chi connectivity index (χ4n) is 3.15. The molecule has 4 rings (SSSR count). The first-order chi connectivity index (χ1) is 12.7. The molecule has 1 N–H and O–H groups in total. The van der Waals surface area contributed by atoms with E-state index < -0.39 is 6.10 Å². The Morgan fingerprint density at radius 2 is 2.00 bits per heavy atom. The number of nitrogens with one attached hydrogen (secondary N) is 1. The van der Waals surface area contributed by atoms with Crippen molar-refractivity contribution in [3.05, 3.63) is 72.6 Å². The Labute approximate surface area is 152 Å². The monoisotopic (exact) mass is 348 g/mol. The molecular formula is C20H20N4O2. The molecule has 6 heteroatoms. The van der Waals surface area contributed by atoms with Gasteiger partial charge in [-0.3, -0.25) is 4.79 Å². The topological polar surface area (TPSA) is 59.4 Å². The largest absolute Gasteiger partial charge is 0.477 e. The van der Waals surface area contributed by atoms with Crippen molar-refractivity contribution in [3.63, 3.8) is 0 Å².